The number of rotatable bonds is 6. The molecule has 0 fully saturated rings. The number of carboxylic acids is 1. The molecule has 1 unspecified atom stereocenters. The number of thioether (sulfide) groups is 1. The molecular weight excluding hydrogens is 300 g/mol. The molecule has 8 heteroatoms. The van der Waals surface area contributed by atoms with E-state index < -0.39 is 16.0 Å². The number of nitrogens with zero attached hydrogens (tertiary/aromatic N) is 1. The van der Waals surface area contributed by atoms with Crippen LogP contribution < -0.4 is 5.73 Å². The molecule has 0 amide bonds. The lowest BCUT2D eigenvalue weighted by Crippen LogP contribution is -2.37. The summed E-state index contributed by atoms with van der Waals surface area (Å²) >= 11 is 1.52. The molecular formula is C12H18N2O4S2. The zero-order chi connectivity index (χ0) is 15.5. The van der Waals surface area contributed by atoms with Gasteiger partial charge in [-0.25, -0.2) is 13.2 Å². The summed E-state index contributed by atoms with van der Waals surface area (Å²) in [5, 5.41) is 9.12. The third kappa shape index (κ3) is 3.44. The molecule has 1 rings (SSSR count). The van der Waals surface area contributed by atoms with Gasteiger partial charge in [-0.05, 0) is 31.4 Å². The van der Waals surface area contributed by atoms with Crippen LogP contribution in [0.25, 0.3) is 0 Å². The summed E-state index contributed by atoms with van der Waals surface area (Å²) in [4.78, 5) is 10.9. The van der Waals surface area contributed by atoms with Crippen LogP contribution in [-0.4, -0.2) is 48.9 Å². The van der Waals surface area contributed by atoms with Crippen molar-refractivity contribution in [2.24, 2.45) is 0 Å². The number of nitrogen functional groups attached to an aromatic ring is 1. The molecule has 0 aliphatic carbocycles. The molecule has 0 spiro atoms. The van der Waals surface area contributed by atoms with Crippen LogP contribution in [0, 0.1) is 0 Å². The van der Waals surface area contributed by atoms with Gasteiger partial charge in [-0.3, -0.25) is 0 Å². The van der Waals surface area contributed by atoms with Crippen LogP contribution in [0.5, 0.6) is 0 Å². The standard InChI is InChI=1S/C12H18N2O4S2/c1-8(7-19-3)14(2)20(17,18)11-6-9(13)4-5-10(11)12(15)16/h4-6,8H,7,13H2,1-3H3,(H,15,16). The van der Waals surface area contributed by atoms with Crippen LogP contribution in [0.15, 0.2) is 23.1 Å². The van der Waals surface area contributed by atoms with Crippen molar-refractivity contribution in [3.05, 3.63) is 23.8 Å². The Bertz CT molecular complexity index is 601. The van der Waals surface area contributed by atoms with E-state index in [2.05, 4.69) is 0 Å². The van der Waals surface area contributed by atoms with E-state index in [1.54, 1.807) is 6.92 Å². The lowest BCUT2D eigenvalue weighted by atomic mass is 10.2. The summed E-state index contributed by atoms with van der Waals surface area (Å²) in [6.07, 6.45) is 1.88. The first kappa shape index (κ1) is 16.8. The monoisotopic (exact) mass is 318 g/mol. The molecule has 20 heavy (non-hydrogen) atoms. The van der Waals surface area contributed by atoms with Crippen LogP contribution in [0.3, 0.4) is 0 Å². The largest absolute Gasteiger partial charge is 0.478 e. The highest BCUT2D eigenvalue weighted by molar-refractivity contribution is 7.98. The lowest BCUT2D eigenvalue weighted by molar-refractivity contribution is 0.0692. The van der Waals surface area contributed by atoms with Crippen molar-refractivity contribution in [1.82, 2.24) is 4.31 Å². The molecule has 1 atom stereocenters. The molecule has 3 N–H and O–H groups in total. The van der Waals surface area contributed by atoms with Gasteiger partial charge < -0.3 is 10.8 Å². The van der Waals surface area contributed by atoms with Gasteiger partial charge >= 0.3 is 5.97 Å². The fraction of sp³-hybridized carbons (Fsp3) is 0.417. The summed E-state index contributed by atoms with van der Waals surface area (Å²) in [6.45, 7) is 1.76. The van der Waals surface area contributed by atoms with Crippen LogP contribution in [0.1, 0.15) is 17.3 Å². The average Bonchev–Trinajstić information content (AvgIpc) is 2.37. The van der Waals surface area contributed by atoms with E-state index in [-0.39, 0.29) is 22.2 Å². The van der Waals surface area contributed by atoms with Crippen molar-refractivity contribution in [3.63, 3.8) is 0 Å². The number of benzene rings is 1. The summed E-state index contributed by atoms with van der Waals surface area (Å²) in [5.41, 5.74) is 5.51. The molecule has 0 aliphatic heterocycles. The first-order valence-electron chi connectivity index (χ1n) is 5.81. The minimum atomic E-state index is -3.90. The van der Waals surface area contributed by atoms with Crippen LogP contribution in [0.4, 0.5) is 5.69 Å². The first-order chi connectivity index (χ1) is 9.21. The topological polar surface area (TPSA) is 101 Å². The highest BCUT2D eigenvalue weighted by Gasteiger charge is 2.29. The van der Waals surface area contributed by atoms with Crippen LogP contribution in [-0.2, 0) is 10.0 Å². The van der Waals surface area contributed by atoms with Gasteiger partial charge in [-0.15, -0.1) is 0 Å². The molecule has 0 aliphatic rings. The van der Waals surface area contributed by atoms with Gasteiger partial charge in [0.15, 0.2) is 0 Å². The van der Waals surface area contributed by atoms with Gasteiger partial charge in [-0.2, -0.15) is 16.1 Å². The molecule has 0 bridgehead atoms. The normalized spacial score (nSPS) is 13.4. The number of sulfonamides is 1. The molecule has 6 nitrogen and oxygen atoms in total. The zero-order valence-corrected chi connectivity index (χ0v) is 13.2. The second kappa shape index (κ2) is 6.47. The van der Waals surface area contributed by atoms with Gasteiger partial charge in [0.25, 0.3) is 0 Å². The van der Waals surface area contributed by atoms with Crippen molar-refractivity contribution in [2.45, 2.75) is 17.9 Å². The minimum absolute atomic E-state index is 0.208. The Kier molecular flexibility index (Phi) is 5.43. The van der Waals surface area contributed by atoms with Gasteiger partial charge in [0.2, 0.25) is 10.0 Å². The van der Waals surface area contributed by atoms with E-state index in [0.717, 1.165) is 0 Å². The molecule has 0 saturated carbocycles. The number of carboxylic acid groups (broad SMARTS) is 1. The minimum Gasteiger partial charge on any atom is -0.478 e. The second-order valence-corrected chi connectivity index (χ2v) is 7.26. The van der Waals surface area contributed by atoms with Gasteiger partial charge in [0.1, 0.15) is 0 Å². The Morgan fingerprint density at radius 1 is 1.50 bits per heavy atom. The molecule has 1 aromatic rings. The maximum Gasteiger partial charge on any atom is 0.337 e. The number of nitrogens with two attached hydrogens (primary N) is 1. The van der Waals surface area contributed by atoms with E-state index in [4.69, 9.17) is 10.8 Å². The van der Waals surface area contributed by atoms with Gasteiger partial charge in [-0.1, -0.05) is 0 Å². The quantitative estimate of drug-likeness (QED) is 0.768. The van der Waals surface area contributed by atoms with E-state index in [1.165, 1.54) is 41.3 Å². The SMILES string of the molecule is CSCC(C)N(C)S(=O)(=O)c1cc(N)ccc1C(=O)O. The maximum absolute atomic E-state index is 12.5. The summed E-state index contributed by atoms with van der Waals surface area (Å²) in [6, 6.07) is 3.50. The van der Waals surface area contributed by atoms with Gasteiger partial charge in [0.05, 0.1) is 10.5 Å². The van der Waals surface area contributed by atoms with E-state index in [0.29, 0.717) is 5.75 Å². The predicted molar refractivity (Wildman–Crippen MR) is 80.6 cm³/mol. The first-order valence-corrected chi connectivity index (χ1v) is 8.65. The van der Waals surface area contributed by atoms with E-state index >= 15 is 0 Å². The van der Waals surface area contributed by atoms with Crippen molar-refractivity contribution in [1.29, 1.82) is 0 Å². The van der Waals surface area contributed by atoms with Crippen molar-refractivity contribution < 1.29 is 18.3 Å². The molecule has 112 valence electrons. The fourth-order valence-electron chi connectivity index (χ4n) is 1.67. The highest BCUT2D eigenvalue weighted by Crippen LogP contribution is 2.24. The number of aromatic carboxylic acids is 1. The Hall–Kier alpha value is -1.25. The average molecular weight is 318 g/mol. The predicted octanol–water partition coefficient (Wildman–Crippen LogP) is 1.34. The Morgan fingerprint density at radius 2 is 2.10 bits per heavy atom. The van der Waals surface area contributed by atoms with Crippen molar-refractivity contribution >= 4 is 33.4 Å². The smallest absolute Gasteiger partial charge is 0.337 e. The summed E-state index contributed by atoms with van der Waals surface area (Å²) in [7, 11) is -2.46. The second-order valence-electron chi connectivity index (χ2n) is 4.39. The third-order valence-corrected chi connectivity index (χ3v) is 5.75. The van der Waals surface area contributed by atoms with Crippen LogP contribution >= 0.6 is 11.8 Å². The van der Waals surface area contributed by atoms with Crippen molar-refractivity contribution in [2.75, 3.05) is 24.8 Å². The Labute approximate surface area is 123 Å². The number of hydrogen-bond donors (Lipinski definition) is 2. The molecule has 0 radical (unpaired) electrons. The fourth-order valence-corrected chi connectivity index (χ4v) is 4.04. The zero-order valence-electron chi connectivity index (χ0n) is 11.5. The number of hydrogen-bond acceptors (Lipinski definition) is 5. The molecule has 0 heterocycles. The highest BCUT2D eigenvalue weighted by atomic mass is 32.2. The summed E-state index contributed by atoms with van der Waals surface area (Å²) < 4.78 is 26.2. The molecule has 0 saturated heterocycles. The number of carbonyl (C=O) groups is 1. The van der Waals surface area contributed by atoms with Gasteiger partial charge in [0, 0.05) is 24.5 Å². The Morgan fingerprint density at radius 3 is 2.60 bits per heavy atom. The molecule has 1 aromatic carbocycles. The van der Waals surface area contributed by atoms with Crippen LogP contribution in [0.2, 0.25) is 0 Å². The van der Waals surface area contributed by atoms with E-state index in [9.17, 15) is 13.2 Å². The Balaban J connectivity index is 3.34. The number of anilines is 1. The maximum atomic E-state index is 12.5. The van der Waals surface area contributed by atoms with E-state index in [1.807, 2.05) is 6.26 Å². The lowest BCUT2D eigenvalue weighted by Gasteiger charge is -2.24. The third-order valence-electron chi connectivity index (χ3n) is 2.92. The van der Waals surface area contributed by atoms with Crippen molar-refractivity contribution in [3.8, 4) is 0 Å². The molecule has 0 aromatic heterocycles. The summed E-state index contributed by atoms with van der Waals surface area (Å²) in [5.74, 6) is -0.685.